The summed E-state index contributed by atoms with van der Waals surface area (Å²) in [6.07, 6.45) is 0. The molecule has 0 bridgehead atoms. The van der Waals surface area contributed by atoms with Crippen molar-refractivity contribution in [2.45, 2.75) is 51.1 Å². The number of hydrogen-bond acceptors (Lipinski definition) is 4. The summed E-state index contributed by atoms with van der Waals surface area (Å²) in [5.74, 6) is -0.617. The lowest BCUT2D eigenvalue weighted by molar-refractivity contribution is -0.122. The quantitative estimate of drug-likeness (QED) is 0.791. The molecule has 1 aromatic rings. The number of hydrogen-bond donors (Lipinski definition) is 2. The standard InChI is InChI=1S/C17H27N3O4S/c1-12(2)19-25(23,24)14-9-7-13(8-10-14)16(22)20(6)11-15(21)18-17(3,4)5/h7-10,12,19H,11H2,1-6H3,(H,18,21). The second kappa shape index (κ2) is 7.97. The lowest BCUT2D eigenvalue weighted by Gasteiger charge is -2.23. The molecule has 0 saturated heterocycles. The SMILES string of the molecule is CC(C)NS(=O)(=O)c1ccc(C(=O)N(C)CC(=O)NC(C)(C)C)cc1. The normalized spacial score (nSPS) is 12.1. The number of carbonyl (C=O) groups excluding carboxylic acids is 2. The zero-order valence-corrected chi connectivity index (χ0v) is 16.4. The fourth-order valence-corrected chi connectivity index (χ4v) is 3.37. The summed E-state index contributed by atoms with van der Waals surface area (Å²) in [4.78, 5) is 25.6. The number of carbonyl (C=O) groups is 2. The van der Waals surface area contributed by atoms with E-state index in [-0.39, 0.29) is 34.8 Å². The minimum atomic E-state index is -3.60. The van der Waals surface area contributed by atoms with Crippen LogP contribution in [0.2, 0.25) is 0 Å². The van der Waals surface area contributed by atoms with Crippen LogP contribution in [0, 0.1) is 0 Å². The van der Waals surface area contributed by atoms with Crippen LogP contribution in [0.4, 0.5) is 0 Å². The van der Waals surface area contributed by atoms with Gasteiger partial charge in [-0.3, -0.25) is 9.59 Å². The van der Waals surface area contributed by atoms with Crippen LogP contribution in [0.5, 0.6) is 0 Å². The van der Waals surface area contributed by atoms with Gasteiger partial charge in [-0.1, -0.05) is 0 Å². The highest BCUT2D eigenvalue weighted by atomic mass is 32.2. The van der Waals surface area contributed by atoms with Crippen molar-refractivity contribution in [2.75, 3.05) is 13.6 Å². The predicted octanol–water partition coefficient (Wildman–Crippen LogP) is 1.36. The third-order valence-corrected chi connectivity index (χ3v) is 4.72. The lowest BCUT2D eigenvalue weighted by Crippen LogP contribution is -2.46. The molecular weight excluding hydrogens is 342 g/mol. The summed E-state index contributed by atoms with van der Waals surface area (Å²) in [5, 5.41) is 2.78. The predicted molar refractivity (Wildman–Crippen MR) is 96.8 cm³/mol. The summed E-state index contributed by atoms with van der Waals surface area (Å²) in [5.41, 5.74) is -0.0602. The van der Waals surface area contributed by atoms with E-state index in [1.807, 2.05) is 20.8 Å². The monoisotopic (exact) mass is 369 g/mol. The minimum Gasteiger partial charge on any atom is -0.350 e. The molecular formula is C17H27N3O4S. The second-order valence-electron chi connectivity index (χ2n) is 7.26. The molecule has 0 fully saturated rings. The smallest absolute Gasteiger partial charge is 0.254 e. The van der Waals surface area contributed by atoms with E-state index < -0.39 is 10.0 Å². The Bertz CT molecular complexity index is 719. The first kappa shape index (κ1) is 21.1. The fraction of sp³-hybridized carbons (Fsp3) is 0.529. The van der Waals surface area contributed by atoms with Crippen molar-refractivity contribution in [2.24, 2.45) is 0 Å². The summed E-state index contributed by atoms with van der Waals surface area (Å²) in [7, 11) is -2.08. The van der Waals surface area contributed by atoms with Gasteiger partial charge < -0.3 is 10.2 Å². The molecule has 0 spiro atoms. The van der Waals surface area contributed by atoms with Crippen LogP contribution in [0.3, 0.4) is 0 Å². The highest BCUT2D eigenvalue weighted by Gasteiger charge is 2.20. The summed E-state index contributed by atoms with van der Waals surface area (Å²) in [6.45, 7) is 8.95. The molecule has 0 atom stereocenters. The van der Waals surface area contributed by atoms with Gasteiger partial charge in [0.1, 0.15) is 0 Å². The number of nitrogens with one attached hydrogen (secondary N) is 2. The molecule has 1 aromatic carbocycles. The van der Waals surface area contributed by atoms with Crippen LogP contribution in [0.15, 0.2) is 29.2 Å². The maximum absolute atomic E-state index is 12.4. The van der Waals surface area contributed by atoms with E-state index in [1.54, 1.807) is 13.8 Å². The molecule has 2 N–H and O–H groups in total. The first-order valence-corrected chi connectivity index (χ1v) is 9.49. The maximum atomic E-state index is 12.4. The van der Waals surface area contributed by atoms with Gasteiger partial charge in [0.05, 0.1) is 11.4 Å². The topological polar surface area (TPSA) is 95.6 Å². The first-order valence-electron chi connectivity index (χ1n) is 8.01. The van der Waals surface area contributed by atoms with Crippen LogP contribution >= 0.6 is 0 Å². The van der Waals surface area contributed by atoms with Crippen molar-refractivity contribution >= 4 is 21.8 Å². The molecule has 140 valence electrons. The largest absolute Gasteiger partial charge is 0.350 e. The van der Waals surface area contributed by atoms with Crippen LogP contribution < -0.4 is 10.0 Å². The van der Waals surface area contributed by atoms with Gasteiger partial charge >= 0.3 is 0 Å². The zero-order valence-electron chi connectivity index (χ0n) is 15.6. The highest BCUT2D eigenvalue weighted by molar-refractivity contribution is 7.89. The average molecular weight is 369 g/mol. The number of benzene rings is 1. The molecule has 0 saturated carbocycles. The Balaban J connectivity index is 2.81. The molecule has 0 aromatic heterocycles. The Morgan fingerprint density at radius 2 is 1.64 bits per heavy atom. The second-order valence-corrected chi connectivity index (χ2v) is 8.97. The van der Waals surface area contributed by atoms with E-state index >= 15 is 0 Å². The Kier molecular flexibility index (Phi) is 6.73. The van der Waals surface area contributed by atoms with Gasteiger partial charge in [0.2, 0.25) is 15.9 Å². The molecule has 0 unspecified atom stereocenters. The summed E-state index contributed by atoms with van der Waals surface area (Å²) >= 11 is 0. The van der Waals surface area contributed by atoms with Crippen molar-refractivity contribution in [1.29, 1.82) is 0 Å². The molecule has 8 heteroatoms. The van der Waals surface area contributed by atoms with Crippen LogP contribution in [0.1, 0.15) is 45.0 Å². The van der Waals surface area contributed by atoms with Gasteiger partial charge in [-0.2, -0.15) is 0 Å². The number of nitrogens with zero attached hydrogens (tertiary/aromatic N) is 1. The van der Waals surface area contributed by atoms with Gasteiger partial charge in [-0.05, 0) is 58.9 Å². The Labute approximate surface area is 149 Å². The van der Waals surface area contributed by atoms with Crippen molar-refractivity contribution in [3.05, 3.63) is 29.8 Å². The molecule has 7 nitrogen and oxygen atoms in total. The van der Waals surface area contributed by atoms with Gasteiger partial charge in [0.25, 0.3) is 5.91 Å². The molecule has 0 aliphatic heterocycles. The molecule has 0 heterocycles. The van der Waals surface area contributed by atoms with E-state index in [9.17, 15) is 18.0 Å². The maximum Gasteiger partial charge on any atom is 0.254 e. The molecule has 0 radical (unpaired) electrons. The molecule has 2 amide bonds. The third-order valence-electron chi connectivity index (χ3n) is 3.04. The third kappa shape index (κ3) is 6.83. The highest BCUT2D eigenvalue weighted by Crippen LogP contribution is 2.12. The summed E-state index contributed by atoms with van der Waals surface area (Å²) < 4.78 is 26.6. The number of sulfonamides is 1. The van der Waals surface area contributed by atoms with Gasteiger partial charge in [-0.15, -0.1) is 0 Å². The molecule has 0 aliphatic rings. The van der Waals surface area contributed by atoms with Gasteiger partial charge in [-0.25, -0.2) is 13.1 Å². The van der Waals surface area contributed by atoms with Crippen molar-refractivity contribution in [3.63, 3.8) is 0 Å². The first-order chi connectivity index (χ1) is 11.3. The summed E-state index contributed by atoms with van der Waals surface area (Å²) in [6, 6.07) is 5.41. The Hall–Kier alpha value is -1.93. The number of amides is 2. The Morgan fingerprint density at radius 3 is 2.08 bits per heavy atom. The van der Waals surface area contributed by atoms with E-state index in [0.29, 0.717) is 5.56 Å². The minimum absolute atomic E-state index is 0.0783. The zero-order chi connectivity index (χ0) is 19.4. The average Bonchev–Trinajstić information content (AvgIpc) is 2.43. The lowest BCUT2D eigenvalue weighted by atomic mass is 10.1. The van der Waals surface area contributed by atoms with E-state index in [4.69, 9.17) is 0 Å². The Morgan fingerprint density at radius 1 is 1.12 bits per heavy atom. The van der Waals surface area contributed by atoms with Crippen molar-refractivity contribution in [1.82, 2.24) is 14.9 Å². The van der Waals surface area contributed by atoms with Crippen molar-refractivity contribution < 1.29 is 18.0 Å². The molecule has 1 rings (SSSR count). The van der Waals surface area contributed by atoms with Gasteiger partial charge in [0.15, 0.2) is 0 Å². The molecule has 25 heavy (non-hydrogen) atoms. The number of rotatable bonds is 6. The van der Waals surface area contributed by atoms with Crippen molar-refractivity contribution in [3.8, 4) is 0 Å². The van der Waals surface area contributed by atoms with Crippen LogP contribution in [-0.4, -0.2) is 50.3 Å². The van der Waals surface area contributed by atoms with Gasteiger partial charge in [0, 0.05) is 24.2 Å². The van der Waals surface area contributed by atoms with Crippen LogP contribution in [-0.2, 0) is 14.8 Å². The number of likely N-dealkylation sites (N-methyl/N-ethyl adjacent to an activating group) is 1. The van der Waals surface area contributed by atoms with Crippen LogP contribution in [0.25, 0.3) is 0 Å². The van der Waals surface area contributed by atoms with E-state index in [1.165, 1.54) is 36.2 Å². The fourth-order valence-electron chi connectivity index (χ4n) is 2.12. The molecule has 0 aliphatic carbocycles. The van der Waals surface area contributed by atoms with E-state index in [0.717, 1.165) is 0 Å². The van der Waals surface area contributed by atoms with E-state index in [2.05, 4.69) is 10.0 Å².